The summed E-state index contributed by atoms with van der Waals surface area (Å²) in [5, 5.41) is 4.41. The normalized spacial score (nSPS) is 10.7. The van der Waals surface area contributed by atoms with E-state index in [1.807, 2.05) is 48.8 Å². The average Bonchev–Trinajstić information content (AvgIpc) is 2.47. The molecule has 0 N–H and O–H groups in total. The zero-order valence-electron chi connectivity index (χ0n) is 8.02. The quantitative estimate of drug-likeness (QED) is 0.652. The van der Waals surface area contributed by atoms with Gasteiger partial charge in [0.2, 0.25) is 0 Å². The Kier molecular flexibility index (Phi) is 1.69. The molecule has 4 nitrogen and oxygen atoms in total. The highest BCUT2D eigenvalue weighted by Gasteiger charge is 2.02. The highest BCUT2D eigenvalue weighted by Crippen LogP contribution is 2.09. The van der Waals surface area contributed by atoms with Gasteiger partial charge in [0.1, 0.15) is 5.82 Å². The Morgan fingerprint density at radius 1 is 1.31 bits per heavy atom. The van der Waals surface area contributed by atoms with Crippen LogP contribution >= 0.6 is 0 Å². The van der Waals surface area contributed by atoms with Gasteiger partial charge in [-0.2, -0.15) is 0 Å². The maximum Gasteiger partial charge on any atom is 0.153 e. The third-order valence-electron chi connectivity index (χ3n) is 1.98. The zero-order valence-corrected chi connectivity index (χ0v) is 8.02. The summed E-state index contributed by atoms with van der Waals surface area (Å²) in [5.74, 6) is 0.939. The zero-order chi connectivity index (χ0) is 9.42. The Labute approximate surface area is 76.8 Å². The molecule has 0 aliphatic rings. The van der Waals surface area contributed by atoms with Gasteiger partial charge in [0.15, 0.2) is 5.65 Å². The third-order valence-corrected chi connectivity index (χ3v) is 1.98. The van der Waals surface area contributed by atoms with E-state index in [4.69, 9.17) is 0 Å². The summed E-state index contributed by atoms with van der Waals surface area (Å²) < 4.78 is 1.84. The van der Waals surface area contributed by atoms with Crippen molar-refractivity contribution in [1.29, 1.82) is 0 Å². The highest BCUT2D eigenvalue weighted by atomic mass is 15.3. The van der Waals surface area contributed by atoms with Crippen molar-refractivity contribution in [3.05, 3.63) is 24.0 Å². The van der Waals surface area contributed by atoms with Crippen LogP contribution < -0.4 is 4.90 Å². The summed E-state index contributed by atoms with van der Waals surface area (Å²) in [6.45, 7) is 1.99. The fraction of sp³-hybridized carbons (Fsp3) is 0.333. The van der Waals surface area contributed by atoms with Crippen LogP contribution in [0.4, 0.5) is 5.82 Å². The fourth-order valence-corrected chi connectivity index (χ4v) is 1.22. The molecule has 2 heterocycles. The van der Waals surface area contributed by atoms with E-state index in [9.17, 15) is 0 Å². The van der Waals surface area contributed by atoms with Crippen molar-refractivity contribution in [1.82, 2.24) is 14.6 Å². The Hall–Kier alpha value is -1.58. The Morgan fingerprint density at radius 3 is 2.77 bits per heavy atom. The molecular weight excluding hydrogens is 164 g/mol. The number of rotatable bonds is 1. The Morgan fingerprint density at radius 2 is 2.08 bits per heavy atom. The van der Waals surface area contributed by atoms with Crippen LogP contribution in [-0.4, -0.2) is 28.7 Å². The van der Waals surface area contributed by atoms with Crippen LogP contribution in [0, 0.1) is 6.92 Å². The minimum atomic E-state index is 0.892. The van der Waals surface area contributed by atoms with Gasteiger partial charge in [-0.25, -0.2) is 9.50 Å². The molecule has 0 saturated heterocycles. The lowest BCUT2D eigenvalue weighted by molar-refractivity contribution is 0.874. The van der Waals surface area contributed by atoms with Crippen LogP contribution in [0.15, 0.2) is 18.3 Å². The molecule has 0 fully saturated rings. The smallest absolute Gasteiger partial charge is 0.153 e. The minimum absolute atomic E-state index is 0.892. The van der Waals surface area contributed by atoms with E-state index >= 15 is 0 Å². The van der Waals surface area contributed by atoms with Gasteiger partial charge in [-0.05, 0) is 19.1 Å². The van der Waals surface area contributed by atoms with Crippen molar-refractivity contribution >= 4 is 11.5 Å². The summed E-state index contributed by atoms with van der Waals surface area (Å²) in [4.78, 5) is 6.17. The second kappa shape index (κ2) is 2.73. The number of aryl methyl sites for hydroxylation is 1. The molecule has 0 aliphatic carbocycles. The van der Waals surface area contributed by atoms with Crippen LogP contribution in [0.2, 0.25) is 0 Å². The van der Waals surface area contributed by atoms with Gasteiger partial charge >= 0.3 is 0 Å². The average molecular weight is 176 g/mol. The molecule has 2 rings (SSSR count). The monoisotopic (exact) mass is 176 g/mol. The van der Waals surface area contributed by atoms with Crippen molar-refractivity contribution in [2.24, 2.45) is 0 Å². The van der Waals surface area contributed by atoms with Gasteiger partial charge in [0, 0.05) is 14.1 Å². The molecule has 0 radical (unpaired) electrons. The SMILES string of the molecule is Cc1cnc2ccc(N(C)C)nn12. The lowest BCUT2D eigenvalue weighted by Gasteiger charge is -2.10. The van der Waals surface area contributed by atoms with E-state index in [-0.39, 0.29) is 0 Å². The standard InChI is InChI=1S/C9H12N4/c1-7-6-10-8-4-5-9(12(2)3)11-13(7)8/h4-6H,1-3H3. The predicted octanol–water partition coefficient (Wildman–Crippen LogP) is 1.10. The number of hydrogen-bond donors (Lipinski definition) is 0. The van der Waals surface area contributed by atoms with Crippen molar-refractivity contribution in [2.75, 3.05) is 19.0 Å². The first-order valence-electron chi connectivity index (χ1n) is 4.17. The number of anilines is 1. The molecule has 13 heavy (non-hydrogen) atoms. The summed E-state index contributed by atoms with van der Waals surface area (Å²) in [6, 6.07) is 3.93. The van der Waals surface area contributed by atoms with Crippen molar-refractivity contribution in [2.45, 2.75) is 6.92 Å². The number of hydrogen-bond acceptors (Lipinski definition) is 3. The number of fused-ring (bicyclic) bond motifs is 1. The van der Waals surface area contributed by atoms with Gasteiger partial charge in [-0.1, -0.05) is 0 Å². The van der Waals surface area contributed by atoms with Crippen molar-refractivity contribution in [3.8, 4) is 0 Å². The van der Waals surface area contributed by atoms with Crippen LogP contribution in [-0.2, 0) is 0 Å². The molecule has 2 aromatic rings. The Bertz CT molecular complexity index is 430. The van der Waals surface area contributed by atoms with E-state index < -0.39 is 0 Å². The lowest BCUT2D eigenvalue weighted by atomic mass is 10.5. The van der Waals surface area contributed by atoms with Gasteiger partial charge in [0.25, 0.3) is 0 Å². The Balaban J connectivity index is 2.66. The molecule has 2 aromatic heterocycles. The summed E-state index contributed by atoms with van der Waals surface area (Å²) in [6.07, 6.45) is 1.82. The van der Waals surface area contributed by atoms with Gasteiger partial charge in [-0.15, -0.1) is 5.10 Å². The third kappa shape index (κ3) is 1.24. The first kappa shape index (κ1) is 8.04. The number of imidazole rings is 1. The van der Waals surface area contributed by atoms with Gasteiger partial charge in [-0.3, -0.25) is 0 Å². The maximum atomic E-state index is 4.41. The summed E-state index contributed by atoms with van der Waals surface area (Å²) in [7, 11) is 3.95. The fourth-order valence-electron chi connectivity index (χ4n) is 1.22. The predicted molar refractivity (Wildman–Crippen MR) is 52.1 cm³/mol. The number of aromatic nitrogens is 3. The largest absolute Gasteiger partial charge is 0.361 e. The second-order valence-electron chi connectivity index (χ2n) is 3.26. The molecule has 68 valence electrons. The van der Waals surface area contributed by atoms with Crippen molar-refractivity contribution in [3.63, 3.8) is 0 Å². The molecule has 4 heteroatoms. The first-order chi connectivity index (χ1) is 6.18. The summed E-state index contributed by atoms with van der Waals surface area (Å²) >= 11 is 0. The minimum Gasteiger partial charge on any atom is -0.361 e. The molecular formula is C9H12N4. The van der Waals surface area contributed by atoms with Crippen LogP contribution in [0.25, 0.3) is 5.65 Å². The maximum absolute atomic E-state index is 4.41. The first-order valence-corrected chi connectivity index (χ1v) is 4.17. The van der Waals surface area contributed by atoms with Crippen LogP contribution in [0.5, 0.6) is 0 Å². The molecule has 0 atom stereocenters. The molecule has 0 unspecified atom stereocenters. The van der Waals surface area contributed by atoms with Crippen LogP contribution in [0.3, 0.4) is 0 Å². The van der Waals surface area contributed by atoms with E-state index in [0.29, 0.717) is 0 Å². The molecule has 0 amide bonds. The van der Waals surface area contributed by atoms with Gasteiger partial charge in [0.05, 0.1) is 11.9 Å². The van der Waals surface area contributed by atoms with E-state index in [2.05, 4.69) is 10.1 Å². The second-order valence-corrected chi connectivity index (χ2v) is 3.26. The van der Waals surface area contributed by atoms with E-state index in [0.717, 1.165) is 17.2 Å². The van der Waals surface area contributed by atoms with E-state index in [1.54, 1.807) is 0 Å². The highest BCUT2D eigenvalue weighted by molar-refractivity contribution is 5.45. The summed E-state index contributed by atoms with van der Waals surface area (Å²) in [5.41, 5.74) is 1.95. The molecule has 0 bridgehead atoms. The lowest BCUT2D eigenvalue weighted by Crippen LogP contribution is -2.12. The molecule has 0 spiro atoms. The number of nitrogens with zero attached hydrogens (tertiary/aromatic N) is 4. The molecule has 0 aromatic carbocycles. The van der Waals surface area contributed by atoms with Crippen LogP contribution in [0.1, 0.15) is 5.69 Å². The molecule has 0 saturated carbocycles. The van der Waals surface area contributed by atoms with E-state index in [1.165, 1.54) is 0 Å². The van der Waals surface area contributed by atoms with Gasteiger partial charge < -0.3 is 4.90 Å². The molecule has 0 aliphatic heterocycles. The topological polar surface area (TPSA) is 33.4 Å². The van der Waals surface area contributed by atoms with Crippen molar-refractivity contribution < 1.29 is 0 Å².